The highest BCUT2D eigenvalue weighted by Gasteiger charge is 2.24. The molecule has 4 nitrogen and oxygen atoms in total. The molecule has 2 aromatic carbocycles. The second-order valence-electron chi connectivity index (χ2n) is 4.81. The van der Waals surface area contributed by atoms with Crippen LogP contribution in [0.5, 0.6) is 0 Å². The first-order valence-corrected chi connectivity index (χ1v) is 8.25. The van der Waals surface area contributed by atoms with Gasteiger partial charge >= 0.3 is 0 Å². The van der Waals surface area contributed by atoms with Crippen LogP contribution in [-0.4, -0.2) is 26.7 Å². The molecule has 112 valence electrons. The number of aryl methyl sites for hydroxylation is 1. The van der Waals surface area contributed by atoms with E-state index in [1.165, 1.54) is 4.31 Å². The first-order chi connectivity index (χ1) is 10.1. The molecule has 21 heavy (non-hydrogen) atoms. The van der Waals surface area contributed by atoms with Gasteiger partial charge in [-0.15, -0.1) is 0 Å². The van der Waals surface area contributed by atoms with Gasteiger partial charge in [-0.2, -0.15) is 0 Å². The Kier molecular flexibility index (Phi) is 4.98. The van der Waals surface area contributed by atoms with Crippen LogP contribution in [0.3, 0.4) is 0 Å². The van der Waals surface area contributed by atoms with E-state index in [0.717, 1.165) is 5.56 Å². The summed E-state index contributed by atoms with van der Waals surface area (Å²) in [5, 5.41) is 9.02. The number of anilines is 1. The number of para-hydroxylation sites is 1. The van der Waals surface area contributed by atoms with Crippen molar-refractivity contribution in [2.45, 2.75) is 18.2 Å². The van der Waals surface area contributed by atoms with Gasteiger partial charge < -0.3 is 5.11 Å². The highest BCUT2D eigenvalue weighted by Crippen LogP contribution is 2.24. The van der Waals surface area contributed by atoms with Crippen molar-refractivity contribution in [1.82, 2.24) is 0 Å². The van der Waals surface area contributed by atoms with Crippen molar-refractivity contribution >= 4 is 15.7 Å². The minimum absolute atomic E-state index is 0.0489. The normalized spacial score (nSPS) is 11.3. The second kappa shape index (κ2) is 6.74. The van der Waals surface area contributed by atoms with E-state index < -0.39 is 10.0 Å². The third-order valence-corrected chi connectivity index (χ3v) is 4.96. The molecule has 1 N–H and O–H groups in total. The number of aliphatic hydroxyl groups excluding tert-OH is 1. The number of benzene rings is 2. The summed E-state index contributed by atoms with van der Waals surface area (Å²) in [6.45, 7) is 2.06. The number of hydrogen-bond donors (Lipinski definition) is 1. The van der Waals surface area contributed by atoms with E-state index in [2.05, 4.69) is 0 Å². The lowest BCUT2D eigenvalue weighted by Gasteiger charge is -2.24. The lowest BCUT2D eigenvalue weighted by molar-refractivity contribution is 0.291. The molecule has 0 fully saturated rings. The molecule has 0 aromatic heterocycles. The van der Waals surface area contributed by atoms with Crippen LogP contribution in [0.15, 0.2) is 59.5 Å². The van der Waals surface area contributed by atoms with Crippen LogP contribution >= 0.6 is 0 Å². The van der Waals surface area contributed by atoms with Gasteiger partial charge in [-0.3, -0.25) is 4.31 Å². The Morgan fingerprint density at radius 2 is 1.76 bits per heavy atom. The van der Waals surface area contributed by atoms with Crippen LogP contribution in [0.2, 0.25) is 0 Å². The number of nitrogens with zero attached hydrogens (tertiary/aromatic N) is 1. The van der Waals surface area contributed by atoms with Gasteiger partial charge in [-0.1, -0.05) is 30.3 Å². The number of rotatable bonds is 6. The zero-order chi connectivity index (χ0) is 15.3. The Morgan fingerprint density at radius 3 is 2.38 bits per heavy atom. The third kappa shape index (κ3) is 3.62. The van der Waals surface area contributed by atoms with E-state index in [1.54, 1.807) is 42.5 Å². The monoisotopic (exact) mass is 305 g/mol. The van der Waals surface area contributed by atoms with Gasteiger partial charge in [-0.25, -0.2) is 8.42 Å². The van der Waals surface area contributed by atoms with Gasteiger partial charge in [0.2, 0.25) is 0 Å². The third-order valence-electron chi connectivity index (χ3n) is 3.14. The Hall–Kier alpha value is -1.85. The Balaban J connectivity index is 2.44. The lowest BCUT2D eigenvalue weighted by atomic mass is 10.2. The van der Waals surface area contributed by atoms with Crippen LogP contribution in [0.1, 0.15) is 12.0 Å². The topological polar surface area (TPSA) is 57.6 Å². The van der Waals surface area contributed by atoms with Gasteiger partial charge in [0.1, 0.15) is 0 Å². The van der Waals surface area contributed by atoms with E-state index in [4.69, 9.17) is 5.11 Å². The van der Waals surface area contributed by atoms with Gasteiger partial charge in [0.25, 0.3) is 10.0 Å². The van der Waals surface area contributed by atoms with Crippen molar-refractivity contribution in [3.05, 3.63) is 60.2 Å². The lowest BCUT2D eigenvalue weighted by Crippen LogP contribution is -2.32. The van der Waals surface area contributed by atoms with Gasteiger partial charge in [-0.05, 0) is 43.2 Å². The second-order valence-corrected chi connectivity index (χ2v) is 6.67. The van der Waals surface area contributed by atoms with Crippen LogP contribution in [0.25, 0.3) is 0 Å². The van der Waals surface area contributed by atoms with Crippen LogP contribution in [0.4, 0.5) is 5.69 Å². The molecule has 0 aliphatic carbocycles. The summed E-state index contributed by atoms with van der Waals surface area (Å²) in [5.74, 6) is 0. The predicted octanol–water partition coefficient (Wildman–Crippen LogP) is 2.57. The molecule has 2 rings (SSSR count). The van der Waals surface area contributed by atoms with E-state index in [0.29, 0.717) is 12.1 Å². The molecular weight excluding hydrogens is 286 g/mol. The zero-order valence-corrected chi connectivity index (χ0v) is 12.8. The van der Waals surface area contributed by atoms with Gasteiger partial charge in [0.05, 0.1) is 10.6 Å². The zero-order valence-electron chi connectivity index (χ0n) is 11.9. The summed E-state index contributed by atoms with van der Waals surface area (Å²) in [7, 11) is -3.63. The number of aliphatic hydroxyl groups is 1. The van der Waals surface area contributed by atoms with Crippen molar-refractivity contribution in [1.29, 1.82) is 0 Å². The Labute approximate surface area is 125 Å². The van der Waals surface area contributed by atoms with Crippen molar-refractivity contribution in [3.8, 4) is 0 Å². The maximum absolute atomic E-state index is 12.8. The van der Waals surface area contributed by atoms with Crippen LogP contribution < -0.4 is 4.31 Å². The van der Waals surface area contributed by atoms with E-state index in [9.17, 15) is 8.42 Å². The average molecular weight is 305 g/mol. The molecule has 0 unspecified atom stereocenters. The summed E-state index contributed by atoms with van der Waals surface area (Å²) in [6, 6.07) is 15.8. The molecule has 5 heteroatoms. The van der Waals surface area contributed by atoms with Crippen molar-refractivity contribution in [3.63, 3.8) is 0 Å². The molecule has 2 aromatic rings. The van der Waals surface area contributed by atoms with E-state index >= 15 is 0 Å². The number of sulfonamides is 1. The summed E-state index contributed by atoms with van der Waals surface area (Å²) in [5.41, 5.74) is 1.50. The van der Waals surface area contributed by atoms with Crippen molar-refractivity contribution in [2.24, 2.45) is 0 Å². The maximum atomic E-state index is 12.8. The average Bonchev–Trinajstić information content (AvgIpc) is 2.48. The molecular formula is C16H19NO3S. The quantitative estimate of drug-likeness (QED) is 0.892. The minimum Gasteiger partial charge on any atom is -0.396 e. The summed E-state index contributed by atoms with van der Waals surface area (Å²) in [6.07, 6.45) is 0.389. The van der Waals surface area contributed by atoms with Gasteiger partial charge in [0.15, 0.2) is 0 Å². The highest BCUT2D eigenvalue weighted by molar-refractivity contribution is 7.92. The molecule has 0 radical (unpaired) electrons. The van der Waals surface area contributed by atoms with E-state index in [1.807, 2.05) is 19.1 Å². The van der Waals surface area contributed by atoms with E-state index in [-0.39, 0.29) is 18.0 Å². The first kappa shape index (κ1) is 15.5. The SMILES string of the molecule is Cc1cccc(S(=O)(=O)N(CCCO)c2ccccc2)c1. The van der Waals surface area contributed by atoms with Crippen molar-refractivity contribution in [2.75, 3.05) is 17.5 Å². The standard InChI is InChI=1S/C16H19NO3S/c1-14-7-5-10-16(13-14)21(19,20)17(11-6-12-18)15-8-3-2-4-9-15/h2-5,7-10,13,18H,6,11-12H2,1H3. The summed E-state index contributed by atoms with van der Waals surface area (Å²) in [4.78, 5) is 0.268. The predicted molar refractivity (Wildman–Crippen MR) is 83.9 cm³/mol. The molecule has 0 saturated heterocycles. The number of hydrogen-bond acceptors (Lipinski definition) is 3. The Bertz CT molecular complexity index is 684. The molecule has 0 atom stereocenters. The smallest absolute Gasteiger partial charge is 0.264 e. The molecule has 0 aliphatic rings. The fourth-order valence-electron chi connectivity index (χ4n) is 2.10. The molecule has 0 aliphatic heterocycles. The fraction of sp³-hybridized carbons (Fsp3) is 0.250. The fourth-order valence-corrected chi connectivity index (χ4v) is 3.71. The Morgan fingerprint density at radius 1 is 1.05 bits per heavy atom. The largest absolute Gasteiger partial charge is 0.396 e. The van der Waals surface area contributed by atoms with Gasteiger partial charge in [0, 0.05) is 13.2 Å². The first-order valence-electron chi connectivity index (χ1n) is 6.81. The molecule has 0 saturated carbocycles. The maximum Gasteiger partial charge on any atom is 0.264 e. The molecule has 0 spiro atoms. The molecule has 0 amide bonds. The molecule has 0 bridgehead atoms. The van der Waals surface area contributed by atoms with Crippen molar-refractivity contribution < 1.29 is 13.5 Å². The minimum atomic E-state index is -3.63. The highest BCUT2D eigenvalue weighted by atomic mass is 32.2. The summed E-state index contributed by atoms with van der Waals surface area (Å²) < 4.78 is 27.0. The van der Waals surface area contributed by atoms with Crippen LogP contribution in [0, 0.1) is 6.92 Å². The molecule has 0 heterocycles. The summed E-state index contributed by atoms with van der Waals surface area (Å²) >= 11 is 0. The van der Waals surface area contributed by atoms with Crippen LogP contribution in [-0.2, 0) is 10.0 Å².